The van der Waals surface area contributed by atoms with Gasteiger partial charge in [0.2, 0.25) is 0 Å². The minimum Gasteiger partial charge on any atom is -0.493 e. The Morgan fingerprint density at radius 1 is 1.10 bits per heavy atom. The predicted molar refractivity (Wildman–Crippen MR) is 153 cm³/mol. The van der Waals surface area contributed by atoms with E-state index in [1.807, 2.05) is 37.3 Å². The third kappa shape index (κ3) is 4.73. The number of aryl methyl sites for hydroxylation is 1. The predicted octanol–water partition coefficient (Wildman–Crippen LogP) is 3.96. The van der Waals surface area contributed by atoms with Crippen molar-refractivity contribution in [2.75, 3.05) is 20.8 Å². The molecule has 40 heavy (non-hydrogen) atoms. The van der Waals surface area contributed by atoms with Gasteiger partial charge in [0.25, 0.3) is 5.56 Å². The summed E-state index contributed by atoms with van der Waals surface area (Å²) in [6.45, 7) is 5.49. The number of thiazole rings is 1. The maximum atomic E-state index is 14.0. The number of rotatable bonds is 7. The highest BCUT2D eigenvalue weighted by molar-refractivity contribution is 7.07. The van der Waals surface area contributed by atoms with Crippen molar-refractivity contribution >= 4 is 35.0 Å². The van der Waals surface area contributed by atoms with Gasteiger partial charge in [-0.1, -0.05) is 47.2 Å². The van der Waals surface area contributed by atoms with Crippen LogP contribution in [0.3, 0.4) is 0 Å². The maximum absolute atomic E-state index is 14.0. The number of hydrogen-bond acceptors (Lipinski definition) is 8. The topological polar surface area (TPSA) is 96.9 Å². The number of halogens is 1. The lowest BCUT2D eigenvalue weighted by atomic mass is 9.95. The van der Waals surface area contributed by atoms with Crippen molar-refractivity contribution in [3.8, 4) is 17.2 Å². The fourth-order valence-corrected chi connectivity index (χ4v) is 6.03. The first-order chi connectivity index (χ1) is 19.3. The Balaban J connectivity index is 1.72. The molecule has 0 aliphatic carbocycles. The molecular formula is C29H27ClN4O5S. The van der Waals surface area contributed by atoms with Crippen LogP contribution in [-0.2, 0) is 9.53 Å². The van der Waals surface area contributed by atoms with E-state index < -0.39 is 12.0 Å². The van der Waals surface area contributed by atoms with Crippen molar-refractivity contribution < 1.29 is 19.0 Å². The minimum atomic E-state index is -0.791. The number of aromatic nitrogens is 3. The molecule has 1 atom stereocenters. The number of nitrogens with zero attached hydrogens (tertiary/aromatic N) is 4. The first-order valence-corrected chi connectivity index (χ1v) is 13.7. The summed E-state index contributed by atoms with van der Waals surface area (Å²) in [6, 6.07) is 14.0. The van der Waals surface area contributed by atoms with Gasteiger partial charge in [-0.05, 0) is 56.7 Å². The molecule has 11 heteroatoms. The number of hydrogen-bond donors (Lipinski definition) is 0. The zero-order chi connectivity index (χ0) is 28.6. The van der Waals surface area contributed by atoms with Gasteiger partial charge in [-0.2, -0.15) is 5.10 Å². The quantitative estimate of drug-likeness (QED) is 0.308. The molecule has 0 amide bonds. The highest BCUT2D eigenvalue weighted by Crippen LogP contribution is 2.36. The van der Waals surface area contributed by atoms with Crippen molar-refractivity contribution in [3.63, 3.8) is 0 Å². The molecule has 0 fully saturated rings. The Hall–Kier alpha value is -4.15. The molecule has 0 N–H and O–H groups in total. The monoisotopic (exact) mass is 578 g/mol. The van der Waals surface area contributed by atoms with Crippen LogP contribution < -0.4 is 24.4 Å². The molecule has 2 aromatic carbocycles. The first kappa shape index (κ1) is 27.4. The molecule has 4 aromatic rings. The molecule has 0 spiro atoms. The molecule has 9 nitrogen and oxygen atoms in total. The minimum absolute atomic E-state index is 0.182. The van der Waals surface area contributed by atoms with Gasteiger partial charge < -0.3 is 14.2 Å². The van der Waals surface area contributed by atoms with Crippen LogP contribution in [-0.4, -0.2) is 41.1 Å². The highest BCUT2D eigenvalue weighted by Gasteiger charge is 2.34. The summed E-state index contributed by atoms with van der Waals surface area (Å²) < 4.78 is 19.8. The highest BCUT2D eigenvalue weighted by atomic mass is 35.5. The number of ether oxygens (including phenoxy) is 3. The van der Waals surface area contributed by atoms with Crippen LogP contribution in [0, 0.1) is 6.92 Å². The van der Waals surface area contributed by atoms with Crippen LogP contribution in [0.25, 0.3) is 11.8 Å². The van der Waals surface area contributed by atoms with Gasteiger partial charge in [-0.3, -0.25) is 9.36 Å². The van der Waals surface area contributed by atoms with E-state index in [1.165, 1.54) is 23.0 Å². The summed E-state index contributed by atoms with van der Waals surface area (Å²) in [7, 11) is 3.07. The second-order valence-corrected chi connectivity index (χ2v) is 10.3. The Morgan fingerprint density at radius 3 is 2.50 bits per heavy atom. The van der Waals surface area contributed by atoms with E-state index in [1.54, 1.807) is 49.9 Å². The number of carbonyl (C=O) groups excluding carboxylic acids is 1. The molecule has 0 bridgehead atoms. The van der Waals surface area contributed by atoms with E-state index in [2.05, 4.69) is 10.1 Å². The number of allylic oxidation sites excluding steroid dienone is 1. The smallest absolute Gasteiger partial charge is 0.338 e. The van der Waals surface area contributed by atoms with Crippen LogP contribution in [0.5, 0.6) is 11.5 Å². The van der Waals surface area contributed by atoms with Gasteiger partial charge in [-0.25, -0.2) is 14.5 Å². The second-order valence-electron chi connectivity index (χ2n) is 8.95. The van der Waals surface area contributed by atoms with Crippen molar-refractivity contribution in [1.29, 1.82) is 0 Å². The van der Waals surface area contributed by atoms with E-state index in [4.69, 9.17) is 25.8 Å². The lowest BCUT2D eigenvalue weighted by Crippen LogP contribution is -2.40. The summed E-state index contributed by atoms with van der Waals surface area (Å²) in [5.74, 6) is 0.453. The molecule has 2 aromatic heterocycles. The zero-order valence-electron chi connectivity index (χ0n) is 22.6. The summed E-state index contributed by atoms with van der Waals surface area (Å²) in [6.07, 6.45) is 1.73. The van der Waals surface area contributed by atoms with Crippen LogP contribution in [0.1, 0.15) is 36.7 Å². The molecule has 3 heterocycles. The average molecular weight is 579 g/mol. The second kappa shape index (κ2) is 11.1. The Labute approximate surface area is 239 Å². The summed E-state index contributed by atoms with van der Waals surface area (Å²) in [4.78, 5) is 32.2. The number of benzene rings is 2. The number of para-hydroxylation sites is 1. The van der Waals surface area contributed by atoms with Gasteiger partial charge >= 0.3 is 5.97 Å². The maximum Gasteiger partial charge on any atom is 0.338 e. The van der Waals surface area contributed by atoms with Crippen molar-refractivity contribution in [3.05, 3.63) is 101 Å². The normalized spacial score (nSPS) is 15.1. The zero-order valence-corrected chi connectivity index (χ0v) is 24.2. The van der Waals surface area contributed by atoms with Crippen LogP contribution in [0.15, 0.2) is 69.6 Å². The molecule has 1 aliphatic heterocycles. The fraction of sp³-hybridized carbons (Fsp3) is 0.241. The summed E-state index contributed by atoms with van der Waals surface area (Å²) in [5.41, 5.74) is 3.17. The standard InChI is InChI=1S/C29H27ClN4O5S/c1-6-39-28(36)24-17(3)31-29-33(25(24)18-12-13-21(37-4)22(14-18)38-5)27(35)23(40-29)15-20-16(2)32-34(26(20)30)19-10-8-7-9-11-19/h7-15,25H,6H2,1-5H3/b23-15-/t25-/m0/s1. The van der Waals surface area contributed by atoms with E-state index >= 15 is 0 Å². The number of fused-ring (bicyclic) bond motifs is 1. The van der Waals surface area contributed by atoms with Crippen LogP contribution >= 0.6 is 22.9 Å². The van der Waals surface area contributed by atoms with Gasteiger partial charge in [-0.15, -0.1) is 0 Å². The Kier molecular flexibility index (Phi) is 7.64. The van der Waals surface area contributed by atoms with Crippen LogP contribution in [0.4, 0.5) is 0 Å². The van der Waals surface area contributed by atoms with E-state index in [-0.39, 0.29) is 17.7 Å². The molecule has 5 rings (SSSR count). The fourth-order valence-electron chi connectivity index (χ4n) is 4.68. The van der Waals surface area contributed by atoms with Gasteiger partial charge in [0, 0.05) is 5.56 Å². The molecular weight excluding hydrogens is 552 g/mol. The van der Waals surface area contributed by atoms with E-state index in [0.29, 0.717) is 48.5 Å². The van der Waals surface area contributed by atoms with E-state index in [0.717, 1.165) is 5.69 Å². The lowest BCUT2D eigenvalue weighted by molar-refractivity contribution is -0.139. The summed E-state index contributed by atoms with van der Waals surface area (Å²) in [5, 5.41) is 4.97. The first-order valence-electron chi connectivity index (χ1n) is 12.5. The SMILES string of the molecule is CCOC(=O)C1=C(C)N=c2s/c(=C\c3c(C)nn(-c4ccccc4)c3Cl)c(=O)n2[C@H]1c1ccc(OC)c(OC)c1. The molecule has 0 saturated heterocycles. The number of methoxy groups -OCH3 is 2. The average Bonchev–Trinajstić information content (AvgIpc) is 3.42. The van der Waals surface area contributed by atoms with E-state index in [9.17, 15) is 9.59 Å². The lowest BCUT2D eigenvalue weighted by Gasteiger charge is -2.25. The van der Waals surface area contributed by atoms with Gasteiger partial charge in [0.1, 0.15) is 5.15 Å². The van der Waals surface area contributed by atoms with Crippen molar-refractivity contribution in [2.24, 2.45) is 4.99 Å². The Bertz CT molecular complexity index is 1820. The molecule has 1 aliphatic rings. The van der Waals surface area contributed by atoms with Gasteiger partial charge in [0.05, 0.1) is 54.1 Å². The van der Waals surface area contributed by atoms with Gasteiger partial charge in [0.15, 0.2) is 16.3 Å². The number of esters is 1. The summed E-state index contributed by atoms with van der Waals surface area (Å²) >= 11 is 7.97. The third-order valence-corrected chi connectivity index (χ3v) is 7.91. The molecule has 0 radical (unpaired) electrons. The molecule has 0 unspecified atom stereocenters. The molecule has 206 valence electrons. The molecule has 0 saturated carbocycles. The van der Waals surface area contributed by atoms with Crippen molar-refractivity contribution in [2.45, 2.75) is 26.8 Å². The van der Waals surface area contributed by atoms with Crippen LogP contribution in [0.2, 0.25) is 5.15 Å². The Morgan fingerprint density at radius 2 is 1.82 bits per heavy atom. The number of carbonyl (C=O) groups is 1. The largest absolute Gasteiger partial charge is 0.493 e. The van der Waals surface area contributed by atoms with Crippen molar-refractivity contribution in [1.82, 2.24) is 14.3 Å². The third-order valence-electron chi connectivity index (χ3n) is 6.56.